The normalized spacial score (nSPS) is 18.7. The number of methoxy groups -OCH3 is 1. The van der Waals surface area contributed by atoms with Crippen molar-refractivity contribution in [1.29, 1.82) is 0 Å². The summed E-state index contributed by atoms with van der Waals surface area (Å²) in [6.07, 6.45) is 1.90. The van der Waals surface area contributed by atoms with E-state index in [2.05, 4.69) is 9.64 Å². The van der Waals surface area contributed by atoms with Crippen LogP contribution in [0.5, 0.6) is 0 Å². The molecule has 2 rings (SSSR count). The van der Waals surface area contributed by atoms with Gasteiger partial charge in [-0.2, -0.15) is 0 Å². The number of carbonyl (C=O) groups is 2. The van der Waals surface area contributed by atoms with Crippen LogP contribution in [0, 0.1) is 5.92 Å². The van der Waals surface area contributed by atoms with Crippen molar-refractivity contribution in [3.63, 3.8) is 0 Å². The Morgan fingerprint density at radius 1 is 1.27 bits per heavy atom. The van der Waals surface area contributed by atoms with Crippen molar-refractivity contribution in [3.8, 4) is 0 Å². The summed E-state index contributed by atoms with van der Waals surface area (Å²) in [5, 5.41) is 0. The molecule has 1 fully saturated rings. The Morgan fingerprint density at radius 3 is 2.64 bits per heavy atom. The second-order valence-electron chi connectivity index (χ2n) is 5.51. The van der Waals surface area contributed by atoms with Crippen molar-refractivity contribution in [2.45, 2.75) is 26.3 Å². The van der Waals surface area contributed by atoms with E-state index in [1.165, 1.54) is 7.11 Å². The SMILES string of the molecule is CCOC(=O)C1CCCN(Cc2ccc(C(=O)OC)cc2)C1. The third-order valence-electron chi connectivity index (χ3n) is 3.91. The van der Waals surface area contributed by atoms with Gasteiger partial charge >= 0.3 is 11.9 Å². The molecule has 22 heavy (non-hydrogen) atoms. The lowest BCUT2D eigenvalue weighted by molar-refractivity contribution is -0.150. The van der Waals surface area contributed by atoms with E-state index < -0.39 is 0 Å². The summed E-state index contributed by atoms with van der Waals surface area (Å²) >= 11 is 0. The minimum Gasteiger partial charge on any atom is -0.466 e. The van der Waals surface area contributed by atoms with E-state index in [9.17, 15) is 9.59 Å². The Hall–Kier alpha value is -1.88. The molecular formula is C17H23NO4. The van der Waals surface area contributed by atoms with Gasteiger partial charge in [-0.25, -0.2) is 4.79 Å². The maximum atomic E-state index is 11.8. The maximum absolute atomic E-state index is 11.8. The number of nitrogens with zero attached hydrogens (tertiary/aromatic N) is 1. The van der Waals surface area contributed by atoms with Gasteiger partial charge < -0.3 is 9.47 Å². The highest BCUT2D eigenvalue weighted by atomic mass is 16.5. The number of esters is 2. The van der Waals surface area contributed by atoms with E-state index in [0.717, 1.165) is 38.0 Å². The summed E-state index contributed by atoms with van der Waals surface area (Å²) in [5.41, 5.74) is 1.67. The highest BCUT2D eigenvalue weighted by molar-refractivity contribution is 5.89. The molecule has 1 heterocycles. The molecule has 5 heteroatoms. The molecule has 0 amide bonds. The van der Waals surface area contributed by atoms with Gasteiger partial charge in [0.15, 0.2) is 0 Å². The fraction of sp³-hybridized carbons (Fsp3) is 0.529. The number of carbonyl (C=O) groups excluding carboxylic acids is 2. The quantitative estimate of drug-likeness (QED) is 0.781. The van der Waals surface area contributed by atoms with Gasteiger partial charge in [0.2, 0.25) is 0 Å². The zero-order valence-electron chi connectivity index (χ0n) is 13.2. The average Bonchev–Trinajstić information content (AvgIpc) is 2.55. The lowest BCUT2D eigenvalue weighted by Gasteiger charge is -2.31. The molecule has 5 nitrogen and oxygen atoms in total. The van der Waals surface area contributed by atoms with E-state index in [-0.39, 0.29) is 17.9 Å². The number of ether oxygens (including phenoxy) is 2. The van der Waals surface area contributed by atoms with Crippen LogP contribution in [0.1, 0.15) is 35.7 Å². The molecule has 1 aromatic rings. The van der Waals surface area contributed by atoms with Crippen molar-refractivity contribution in [2.24, 2.45) is 5.92 Å². The predicted octanol–water partition coefficient (Wildman–Crippen LogP) is 2.25. The summed E-state index contributed by atoms with van der Waals surface area (Å²) in [6.45, 7) is 4.76. The first-order valence-corrected chi connectivity index (χ1v) is 7.70. The lowest BCUT2D eigenvalue weighted by Crippen LogP contribution is -2.38. The zero-order valence-corrected chi connectivity index (χ0v) is 13.2. The molecule has 1 saturated heterocycles. The highest BCUT2D eigenvalue weighted by Crippen LogP contribution is 2.20. The van der Waals surface area contributed by atoms with Crippen molar-refractivity contribution in [1.82, 2.24) is 4.90 Å². The molecule has 0 aromatic heterocycles. The van der Waals surface area contributed by atoms with Gasteiger partial charge in [-0.1, -0.05) is 12.1 Å². The fourth-order valence-corrected chi connectivity index (χ4v) is 2.77. The van der Waals surface area contributed by atoms with Crippen LogP contribution in [0.2, 0.25) is 0 Å². The molecule has 1 aliphatic heterocycles. The molecular weight excluding hydrogens is 282 g/mol. The van der Waals surface area contributed by atoms with Crippen LogP contribution >= 0.6 is 0 Å². The van der Waals surface area contributed by atoms with Crippen LogP contribution in [0.15, 0.2) is 24.3 Å². The van der Waals surface area contributed by atoms with Gasteiger partial charge in [-0.05, 0) is 44.0 Å². The van der Waals surface area contributed by atoms with Crippen LogP contribution in [-0.2, 0) is 20.8 Å². The van der Waals surface area contributed by atoms with Gasteiger partial charge in [0.25, 0.3) is 0 Å². The lowest BCUT2D eigenvalue weighted by atomic mass is 9.97. The summed E-state index contributed by atoms with van der Waals surface area (Å²) < 4.78 is 9.81. The first kappa shape index (κ1) is 16.5. The predicted molar refractivity (Wildman–Crippen MR) is 82.4 cm³/mol. The van der Waals surface area contributed by atoms with Crippen molar-refractivity contribution in [2.75, 3.05) is 26.8 Å². The number of piperidine rings is 1. The molecule has 1 atom stereocenters. The summed E-state index contributed by atoms with van der Waals surface area (Å²) in [6, 6.07) is 7.41. The summed E-state index contributed by atoms with van der Waals surface area (Å²) in [7, 11) is 1.37. The standard InChI is InChI=1S/C17H23NO4/c1-3-22-17(20)15-5-4-10-18(12-15)11-13-6-8-14(9-7-13)16(19)21-2/h6-9,15H,3-5,10-12H2,1-2H3. The number of likely N-dealkylation sites (tertiary alicyclic amines) is 1. The third-order valence-corrected chi connectivity index (χ3v) is 3.91. The van der Waals surface area contributed by atoms with Crippen LogP contribution in [-0.4, -0.2) is 43.6 Å². The smallest absolute Gasteiger partial charge is 0.337 e. The van der Waals surface area contributed by atoms with Crippen molar-refractivity contribution < 1.29 is 19.1 Å². The average molecular weight is 305 g/mol. The molecule has 1 unspecified atom stereocenters. The van der Waals surface area contributed by atoms with E-state index in [4.69, 9.17) is 4.74 Å². The number of benzene rings is 1. The molecule has 1 aromatic carbocycles. The largest absolute Gasteiger partial charge is 0.466 e. The highest BCUT2D eigenvalue weighted by Gasteiger charge is 2.26. The summed E-state index contributed by atoms with van der Waals surface area (Å²) in [4.78, 5) is 25.5. The van der Waals surface area contributed by atoms with Gasteiger partial charge in [0.05, 0.1) is 25.2 Å². The molecule has 0 radical (unpaired) electrons. The monoisotopic (exact) mass is 305 g/mol. The Kier molecular flexibility index (Phi) is 5.95. The Morgan fingerprint density at radius 2 is 2.00 bits per heavy atom. The van der Waals surface area contributed by atoms with Crippen LogP contribution in [0.4, 0.5) is 0 Å². The second kappa shape index (κ2) is 7.94. The fourth-order valence-electron chi connectivity index (χ4n) is 2.77. The van der Waals surface area contributed by atoms with Gasteiger partial charge in [-0.3, -0.25) is 9.69 Å². The van der Waals surface area contributed by atoms with Crippen molar-refractivity contribution >= 4 is 11.9 Å². The Balaban J connectivity index is 1.92. The summed E-state index contributed by atoms with van der Waals surface area (Å²) in [5.74, 6) is -0.442. The minimum atomic E-state index is -0.327. The Bertz CT molecular complexity index is 512. The first-order valence-electron chi connectivity index (χ1n) is 7.70. The van der Waals surface area contributed by atoms with Crippen LogP contribution in [0.3, 0.4) is 0 Å². The second-order valence-corrected chi connectivity index (χ2v) is 5.51. The molecule has 0 aliphatic carbocycles. The van der Waals surface area contributed by atoms with Gasteiger partial charge in [0.1, 0.15) is 0 Å². The van der Waals surface area contributed by atoms with E-state index in [0.29, 0.717) is 12.2 Å². The molecule has 0 spiro atoms. The molecule has 0 saturated carbocycles. The van der Waals surface area contributed by atoms with Crippen LogP contribution < -0.4 is 0 Å². The molecule has 1 aliphatic rings. The first-order chi connectivity index (χ1) is 10.6. The topological polar surface area (TPSA) is 55.8 Å². The van der Waals surface area contributed by atoms with Gasteiger partial charge in [0, 0.05) is 13.1 Å². The zero-order chi connectivity index (χ0) is 15.9. The molecule has 120 valence electrons. The van der Waals surface area contributed by atoms with E-state index >= 15 is 0 Å². The number of rotatable bonds is 5. The molecule has 0 N–H and O–H groups in total. The Labute approximate surface area is 131 Å². The van der Waals surface area contributed by atoms with Crippen LogP contribution in [0.25, 0.3) is 0 Å². The minimum absolute atomic E-state index is 0.0250. The third kappa shape index (κ3) is 4.31. The van der Waals surface area contributed by atoms with Gasteiger partial charge in [-0.15, -0.1) is 0 Å². The van der Waals surface area contributed by atoms with E-state index in [1.807, 2.05) is 19.1 Å². The molecule has 0 bridgehead atoms. The number of hydrogen-bond acceptors (Lipinski definition) is 5. The maximum Gasteiger partial charge on any atom is 0.337 e. The van der Waals surface area contributed by atoms with E-state index in [1.54, 1.807) is 12.1 Å². The van der Waals surface area contributed by atoms with Crippen molar-refractivity contribution in [3.05, 3.63) is 35.4 Å². The number of hydrogen-bond donors (Lipinski definition) is 0.